The molecule has 1 heterocycles. The summed E-state index contributed by atoms with van der Waals surface area (Å²) in [6.45, 7) is 1.54. The molecule has 5 nitrogen and oxygen atoms in total. The molecule has 1 atom stereocenters. The van der Waals surface area contributed by atoms with Gasteiger partial charge in [-0.1, -0.05) is 19.1 Å². The van der Waals surface area contributed by atoms with Gasteiger partial charge in [0.15, 0.2) is 9.84 Å². The van der Waals surface area contributed by atoms with Crippen molar-refractivity contribution in [3.63, 3.8) is 0 Å². The van der Waals surface area contributed by atoms with E-state index in [9.17, 15) is 13.2 Å². The summed E-state index contributed by atoms with van der Waals surface area (Å²) in [7, 11) is -2.14. The molecule has 0 amide bonds. The smallest absolute Gasteiger partial charge is 0.309 e. The normalized spacial score (nSPS) is 13.3. The van der Waals surface area contributed by atoms with Crippen LogP contribution in [0.4, 0.5) is 0 Å². The van der Waals surface area contributed by atoms with Crippen LogP contribution in [0.25, 0.3) is 10.2 Å². The molecule has 2 rings (SSSR count). The summed E-state index contributed by atoms with van der Waals surface area (Å²) in [6.07, 6.45) is 0. The molecule has 0 fully saturated rings. The maximum Gasteiger partial charge on any atom is 0.309 e. The SMILES string of the molecule is COC(=O)C(C)CS(=O)(=O)Cc1nc2ccccc2s1. The third-order valence-corrected chi connectivity index (χ3v) is 5.73. The number of carbonyl (C=O) groups is 1. The highest BCUT2D eigenvalue weighted by Gasteiger charge is 2.23. The quantitative estimate of drug-likeness (QED) is 0.790. The van der Waals surface area contributed by atoms with Crippen LogP contribution in [0.15, 0.2) is 24.3 Å². The lowest BCUT2D eigenvalue weighted by atomic mass is 10.2. The van der Waals surface area contributed by atoms with E-state index in [-0.39, 0.29) is 11.5 Å². The van der Waals surface area contributed by atoms with Crippen molar-refractivity contribution in [3.05, 3.63) is 29.3 Å². The molecular weight excluding hydrogens is 298 g/mol. The van der Waals surface area contributed by atoms with Crippen molar-refractivity contribution in [3.8, 4) is 0 Å². The van der Waals surface area contributed by atoms with Crippen molar-refractivity contribution in [1.82, 2.24) is 4.98 Å². The molecule has 108 valence electrons. The topological polar surface area (TPSA) is 73.3 Å². The first-order valence-electron chi connectivity index (χ1n) is 6.04. The number of ether oxygens (including phenoxy) is 1. The van der Waals surface area contributed by atoms with Crippen LogP contribution in [-0.2, 0) is 25.1 Å². The Bertz CT molecular complexity index is 688. The van der Waals surface area contributed by atoms with Gasteiger partial charge in [0.1, 0.15) is 10.8 Å². The van der Waals surface area contributed by atoms with E-state index >= 15 is 0 Å². The number of thiazole rings is 1. The number of benzene rings is 1. The summed E-state index contributed by atoms with van der Waals surface area (Å²) < 4.78 is 29.6. The monoisotopic (exact) mass is 313 g/mol. The van der Waals surface area contributed by atoms with Crippen LogP contribution < -0.4 is 0 Å². The van der Waals surface area contributed by atoms with Gasteiger partial charge in [-0.15, -0.1) is 11.3 Å². The van der Waals surface area contributed by atoms with E-state index < -0.39 is 21.7 Å². The molecular formula is C13H15NO4S2. The van der Waals surface area contributed by atoms with Gasteiger partial charge in [0, 0.05) is 0 Å². The Morgan fingerprint density at radius 3 is 2.75 bits per heavy atom. The van der Waals surface area contributed by atoms with E-state index in [0.717, 1.165) is 10.2 Å². The second kappa shape index (κ2) is 5.88. The largest absolute Gasteiger partial charge is 0.469 e. The zero-order valence-corrected chi connectivity index (χ0v) is 12.8. The second-order valence-corrected chi connectivity index (χ2v) is 7.78. The van der Waals surface area contributed by atoms with Crippen LogP contribution >= 0.6 is 11.3 Å². The number of sulfone groups is 1. The molecule has 0 saturated heterocycles. The fourth-order valence-corrected chi connectivity index (χ4v) is 4.87. The van der Waals surface area contributed by atoms with Crippen LogP contribution in [0.1, 0.15) is 11.9 Å². The van der Waals surface area contributed by atoms with Crippen molar-refractivity contribution < 1.29 is 17.9 Å². The number of para-hydroxylation sites is 1. The second-order valence-electron chi connectivity index (χ2n) is 4.55. The van der Waals surface area contributed by atoms with Crippen molar-refractivity contribution in [2.24, 2.45) is 5.92 Å². The fraction of sp³-hybridized carbons (Fsp3) is 0.385. The molecule has 0 aliphatic carbocycles. The van der Waals surface area contributed by atoms with Gasteiger partial charge in [-0.3, -0.25) is 4.79 Å². The molecule has 2 aromatic rings. The first kappa shape index (κ1) is 14.9. The van der Waals surface area contributed by atoms with Gasteiger partial charge in [0.25, 0.3) is 0 Å². The number of methoxy groups -OCH3 is 1. The first-order valence-corrected chi connectivity index (χ1v) is 8.68. The average molecular weight is 313 g/mol. The first-order chi connectivity index (χ1) is 9.41. The third kappa shape index (κ3) is 3.55. The maximum atomic E-state index is 12.1. The third-order valence-electron chi connectivity index (χ3n) is 2.79. The standard InChI is InChI=1S/C13H15NO4S2/c1-9(13(15)18-2)7-20(16,17)8-12-14-10-5-3-4-6-11(10)19-12/h3-6,9H,7-8H2,1-2H3. The summed E-state index contributed by atoms with van der Waals surface area (Å²) >= 11 is 1.36. The van der Waals surface area contributed by atoms with Gasteiger partial charge in [-0.05, 0) is 12.1 Å². The van der Waals surface area contributed by atoms with Crippen molar-refractivity contribution >= 4 is 37.4 Å². The highest BCUT2D eigenvalue weighted by molar-refractivity contribution is 7.90. The molecule has 7 heteroatoms. The Morgan fingerprint density at radius 2 is 2.10 bits per heavy atom. The maximum absolute atomic E-state index is 12.1. The molecule has 0 radical (unpaired) electrons. The van der Waals surface area contributed by atoms with Gasteiger partial charge in [-0.2, -0.15) is 0 Å². The zero-order chi connectivity index (χ0) is 14.8. The van der Waals surface area contributed by atoms with E-state index in [1.54, 1.807) is 6.92 Å². The lowest BCUT2D eigenvalue weighted by Gasteiger charge is -2.08. The van der Waals surface area contributed by atoms with Gasteiger partial charge in [0.05, 0.1) is 29.0 Å². The number of carbonyl (C=O) groups excluding carboxylic acids is 1. The Kier molecular flexibility index (Phi) is 4.39. The van der Waals surface area contributed by atoms with E-state index in [0.29, 0.717) is 5.01 Å². The Labute approximate surface area is 121 Å². The van der Waals surface area contributed by atoms with Crippen LogP contribution in [-0.4, -0.2) is 32.2 Å². The minimum Gasteiger partial charge on any atom is -0.469 e. The molecule has 0 bridgehead atoms. The highest BCUT2D eigenvalue weighted by atomic mass is 32.2. The van der Waals surface area contributed by atoms with Gasteiger partial charge < -0.3 is 4.74 Å². The number of aromatic nitrogens is 1. The Morgan fingerprint density at radius 1 is 1.40 bits per heavy atom. The Hall–Kier alpha value is -1.47. The lowest BCUT2D eigenvalue weighted by molar-refractivity contribution is -0.144. The van der Waals surface area contributed by atoms with Crippen LogP contribution in [0.5, 0.6) is 0 Å². The molecule has 1 unspecified atom stereocenters. The van der Waals surface area contributed by atoms with Crippen LogP contribution in [0, 0.1) is 5.92 Å². The number of hydrogen-bond donors (Lipinski definition) is 0. The van der Waals surface area contributed by atoms with Crippen molar-refractivity contribution in [1.29, 1.82) is 0 Å². The van der Waals surface area contributed by atoms with Crippen molar-refractivity contribution in [2.45, 2.75) is 12.7 Å². The number of fused-ring (bicyclic) bond motifs is 1. The zero-order valence-electron chi connectivity index (χ0n) is 11.2. The van der Waals surface area contributed by atoms with Crippen LogP contribution in [0.2, 0.25) is 0 Å². The summed E-state index contributed by atoms with van der Waals surface area (Å²) in [5.41, 5.74) is 0.795. The fourth-order valence-electron chi connectivity index (χ4n) is 1.88. The number of rotatable bonds is 5. The van der Waals surface area contributed by atoms with E-state index in [2.05, 4.69) is 9.72 Å². The highest BCUT2D eigenvalue weighted by Crippen LogP contribution is 2.23. The van der Waals surface area contributed by atoms with Gasteiger partial charge >= 0.3 is 5.97 Å². The van der Waals surface area contributed by atoms with E-state index in [4.69, 9.17) is 0 Å². The lowest BCUT2D eigenvalue weighted by Crippen LogP contribution is -2.23. The number of esters is 1. The summed E-state index contributed by atoms with van der Waals surface area (Å²) in [5.74, 6) is -1.55. The van der Waals surface area contributed by atoms with Gasteiger partial charge in [0.2, 0.25) is 0 Å². The average Bonchev–Trinajstić information content (AvgIpc) is 2.77. The summed E-state index contributed by atoms with van der Waals surface area (Å²) in [5, 5.41) is 0.545. The molecule has 20 heavy (non-hydrogen) atoms. The number of hydrogen-bond acceptors (Lipinski definition) is 6. The predicted octanol–water partition coefficient (Wildman–Crippen LogP) is 2.02. The molecule has 1 aromatic heterocycles. The molecule has 1 aromatic carbocycles. The minimum atomic E-state index is -3.39. The number of nitrogens with zero attached hydrogens (tertiary/aromatic N) is 1. The van der Waals surface area contributed by atoms with E-state index in [1.165, 1.54) is 18.4 Å². The molecule has 0 aliphatic heterocycles. The molecule has 0 N–H and O–H groups in total. The predicted molar refractivity (Wildman–Crippen MR) is 78.3 cm³/mol. The van der Waals surface area contributed by atoms with Crippen LogP contribution in [0.3, 0.4) is 0 Å². The minimum absolute atomic E-state index is 0.145. The van der Waals surface area contributed by atoms with Crippen molar-refractivity contribution in [2.75, 3.05) is 12.9 Å². The Balaban J connectivity index is 2.13. The van der Waals surface area contributed by atoms with Gasteiger partial charge in [-0.25, -0.2) is 13.4 Å². The summed E-state index contributed by atoms with van der Waals surface area (Å²) in [4.78, 5) is 15.6. The van der Waals surface area contributed by atoms with E-state index in [1.807, 2.05) is 24.3 Å². The molecule has 0 spiro atoms. The molecule has 0 aliphatic rings. The summed E-state index contributed by atoms with van der Waals surface area (Å²) in [6, 6.07) is 7.50. The molecule has 0 saturated carbocycles.